The Morgan fingerprint density at radius 3 is 2.43 bits per heavy atom. The highest BCUT2D eigenvalue weighted by atomic mass is 19.1. The van der Waals surface area contributed by atoms with Crippen molar-refractivity contribution in [2.45, 2.75) is 13.0 Å². The Morgan fingerprint density at radius 2 is 1.76 bits per heavy atom. The SMILES string of the molecule is CCOc1ccccc1C(COc1ccc(F)cc1)NC. The summed E-state index contributed by atoms with van der Waals surface area (Å²) in [5.74, 6) is 1.22. The minimum absolute atomic E-state index is 0.00203. The maximum atomic E-state index is 12.9. The van der Waals surface area contributed by atoms with E-state index in [1.165, 1.54) is 12.1 Å². The van der Waals surface area contributed by atoms with E-state index in [-0.39, 0.29) is 11.9 Å². The monoisotopic (exact) mass is 289 g/mol. The van der Waals surface area contributed by atoms with Crippen molar-refractivity contribution in [3.05, 3.63) is 59.9 Å². The molecule has 0 amide bonds. The van der Waals surface area contributed by atoms with E-state index < -0.39 is 0 Å². The summed E-state index contributed by atoms with van der Waals surface area (Å²) in [6, 6.07) is 13.9. The first-order chi connectivity index (χ1) is 10.2. The van der Waals surface area contributed by atoms with Crippen LogP contribution in [-0.4, -0.2) is 20.3 Å². The lowest BCUT2D eigenvalue weighted by atomic mass is 10.1. The number of benzene rings is 2. The molecule has 1 unspecified atom stereocenters. The third kappa shape index (κ3) is 4.20. The van der Waals surface area contributed by atoms with Gasteiger partial charge in [-0.2, -0.15) is 0 Å². The summed E-state index contributed by atoms with van der Waals surface area (Å²) in [6.07, 6.45) is 0. The molecule has 112 valence electrons. The second-order valence-electron chi connectivity index (χ2n) is 4.58. The van der Waals surface area contributed by atoms with Crippen LogP contribution in [0.15, 0.2) is 48.5 Å². The maximum absolute atomic E-state index is 12.9. The Hall–Kier alpha value is -2.07. The van der Waals surface area contributed by atoms with Gasteiger partial charge in [-0.3, -0.25) is 0 Å². The van der Waals surface area contributed by atoms with Gasteiger partial charge in [-0.15, -0.1) is 0 Å². The van der Waals surface area contributed by atoms with Gasteiger partial charge in [0, 0.05) is 5.56 Å². The van der Waals surface area contributed by atoms with E-state index in [1.807, 2.05) is 38.2 Å². The van der Waals surface area contributed by atoms with Crippen molar-refractivity contribution >= 4 is 0 Å². The van der Waals surface area contributed by atoms with Gasteiger partial charge in [-0.05, 0) is 44.3 Å². The molecule has 4 heteroatoms. The number of likely N-dealkylation sites (N-methyl/N-ethyl adjacent to an activating group) is 1. The number of hydrogen-bond donors (Lipinski definition) is 1. The predicted octanol–water partition coefficient (Wildman–Crippen LogP) is 3.56. The Labute approximate surface area is 124 Å². The molecule has 0 radical (unpaired) electrons. The van der Waals surface area contributed by atoms with Crippen molar-refractivity contribution in [3.8, 4) is 11.5 Å². The molecule has 0 aliphatic heterocycles. The minimum atomic E-state index is -0.269. The fourth-order valence-corrected chi connectivity index (χ4v) is 2.09. The van der Waals surface area contributed by atoms with Crippen LogP contribution in [0, 0.1) is 5.82 Å². The van der Waals surface area contributed by atoms with Crippen LogP contribution in [0.25, 0.3) is 0 Å². The zero-order valence-corrected chi connectivity index (χ0v) is 12.3. The van der Waals surface area contributed by atoms with Crippen LogP contribution >= 0.6 is 0 Å². The summed E-state index contributed by atoms with van der Waals surface area (Å²) < 4.78 is 24.2. The zero-order chi connectivity index (χ0) is 15.1. The summed E-state index contributed by atoms with van der Waals surface area (Å²) in [6.45, 7) is 3.01. The molecule has 2 aromatic rings. The highest BCUT2D eigenvalue weighted by Crippen LogP contribution is 2.25. The van der Waals surface area contributed by atoms with E-state index in [2.05, 4.69) is 5.32 Å². The molecule has 2 aromatic carbocycles. The molecule has 0 heterocycles. The van der Waals surface area contributed by atoms with Gasteiger partial charge in [-0.1, -0.05) is 18.2 Å². The lowest BCUT2D eigenvalue weighted by Gasteiger charge is -2.20. The molecule has 0 saturated heterocycles. The van der Waals surface area contributed by atoms with E-state index in [0.29, 0.717) is 19.0 Å². The lowest BCUT2D eigenvalue weighted by molar-refractivity contribution is 0.265. The Balaban J connectivity index is 2.07. The van der Waals surface area contributed by atoms with Crippen molar-refractivity contribution in [3.63, 3.8) is 0 Å². The lowest BCUT2D eigenvalue weighted by Crippen LogP contribution is -2.24. The predicted molar refractivity (Wildman–Crippen MR) is 81.3 cm³/mol. The molecule has 21 heavy (non-hydrogen) atoms. The summed E-state index contributed by atoms with van der Waals surface area (Å²) in [5, 5.41) is 3.22. The fourth-order valence-electron chi connectivity index (χ4n) is 2.09. The van der Waals surface area contributed by atoms with Crippen LogP contribution in [0.5, 0.6) is 11.5 Å². The molecule has 0 saturated carbocycles. The minimum Gasteiger partial charge on any atom is -0.494 e. The molecule has 0 spiro atoms. The van der Waals surface area contributed by atoms with Gasteiger partial charge in [0.25, 0.3) is 0 Å². The number of halogens is 1. The molecular weight excluding hydrogens is 269 g/mol. The molecule has 0 fully saturated rings. The van der Waals surface area contributed by atoms with Crippen molar-refractivity contribution in [2.24, 2.45) is 0 Å². The molecule has 1 N–H and O–H groups in total. The first kappa shape index (κ1) is 15.3. The summed E-state index contributed by atoms with van der Waals surface area (Å²) in [5.41, 5.74) is 1.05. The average molecular weight is 289 g/mol. The van der Waals surface area contributed by atoms with Crippen molar-refractivity contribution in [1.29, 1.82) is 0 Å². The van der Waals surface area contributed by atoms with E-state index in [0.717, 1.165) is 11.3 Å². The van der Waals surface area contributed by atoms with Crippen LogP contribution in [-0.2, 0) is 0 Å². The molecule has 0 aliphatic carbocycles. The fraction of sp³-hybridized carbons (Fsp3) is 0.294. The number of hydrogen-bond acceptors (Lipinski definition) is 3. The summed E-state index contributed by atoms with van der Waals surface area (Å²) in [4.78, 5) is 0. The summed E-state index contributed by atoms with van der Waals surface area (Å²) >= 11 is 0. The van der Waals surface area contributed by atoms with E-state index >= 15 is 0 Å². The smallest absolute Gasteiger partial charge is 0.124 e. The molecule has 0 bridgehead atoms. The quantitative estimate of drug-likeness (QED) is 0.845. The van der Waals surface area contributed by atoms with Crippen LogP contribution in [0.2, 0.25) is 0 Å². The first-order valence-corrected chi connectivity index (χ1v) is 7.02. The van der Waals surface area contributed by atoms with Crippen LogP contribution < -0.4 is 14.8 Å². The molecule has 0 aliphatic rings. The van der Waals surface area contributed by atoms with E-state index in [9.17, 15) is 4.39 Å². The zero-order valence-electron chi connectivity index (χ0n) is 12.3. The number of rotatable bonds is 7. The average Bonchev–Trinajstić information content (AvgIpc) is 2.51. The van der Waals surface area contributed by atoms with Gasteiger partial charge >= 0.3 is 0 Å². The van der Waals surface area contributed by atoms with Gasteiger partial charge in [-0.25, -0.2) is 4.39 Å². The molecule has 3 nitrogen and oxygen atoms in total. The Kier molecular flexibility index (Phi) is 5.58. The molecule has 0 aromatic heterocycles. The largest absolute Gasteiger partial charge is 0.494 e. The van der Waals surface area contributed by atoms with Crippen LogP contribution in [0.4, 0.5) is 4.39 Å². The molecule has 2 rings (SSSR count). The van der Waals surface area contributed by atoms with Crippen LogP contribution in [0.3, 0.4) is 0 Å². The molecular formula is C17H20FNO2. The van der Waals surface area contributed by atoms with Crippen molar-refractivity contribution < 1.29 is 13.9 Å². The second kappa shape index (κ2) is 7.64. The van der Waals surface area contributed by atoms with E-state index in [4.69, 9.17) is 9.47 Å². The third-order valence-electron chi connectivity index (χ3n) is 3.17. The first-order valence-electron chi connectivity index (χ1n) is 7.02. The second-order valence-corrected chi connectivity index (χ2v) is 4.58. The van der Waals surface area contributed by atoms with Gasteiger partial charge < -0.3 is 14.8 Å². The Morgan fingerprint density at radius 1 is 1.05 bits per heavy atom. The van der Waals surface area contributed by atoms with Gasteiger partial charge in [0.05, 0.1) is 12.6 Å². The number of para-hydroxylation sites is 1. The standard InChI is InChI=1S/C17H20FNO2/c1-3-20-17-7-5-4-6-15(17)16(19-2)12-21-14-10-8-13(18)9-11-14/h4-11,16,19H,3,12H2,1-2H3. The normalized spacial score (nSPS) is 12.0. The van der Waals surface area contributed by atoms with E-state index in [1.54, 1.807) is 12.1 Å². The van der Waals surface area contributed by atoms with Gasteiger partial charge in [0.2, 0.25) is 0 Å². The Bertz CT molecular complexity index is 557. The topological polar surface area (TPSA) is 30.5 Å². The maximum Gasteiger partial charge on any atom is 0.124 e. The molecule has 1 atom stereocenters. The van der Waals surface area contributed by atoms with Gasteiger partial charge in [0.1, 0.15) is 23.9 Å². The number of ether oxygens (including phenoxy) is 2. The van der Waals surface area contributed by atoms with Crippen molar-refractivity contribution in [1.82, 2.24) is 5.32 Å². The summed E-state index contributed by atoms with van der Waals surface area (Å²) in [7, 11) is 1.88. The van der Waals surface area contributed by atoms with Gasteiger partial charge in [0.15, 0.2) is 0 Å². The highest BCUT2D eigenvalue weighted by molar-refractivity contribution is 5.36. The number of nitrogens with one attached hydrogen (secondary N) is 1. The third-order valence-corrected chi connectivity index (χ3v) is 3.17. The highest BCUT2D eigenvalue weighted by Gasteiger charge is 2.15. The van der Waals surface area contributed by atoms with Crippen LogP contribution in [0.1, 0.15) is 18.5 Å². The van der Waals surface area contributed by atoms with Crippen molar-refractivity contribution in [2.75, 3.05) is 20.3 Å².